The number of phenols is 1. The molecule has 0 saturated heterocycles. The Kier molecular flexibility index (Phi) is 2.81. The maximum absolute atomic E-state index is 9.19. The van der Waals surface area contributed by atoms with Crippen molar-refractivity contribution in [3.63, 3.8) is 0 Å². The Bertz CT molecular complexity index is 474. The van der Waals surface area contributed by atoms with Crippen molar-refractivity contribution in [2.45, 2.75) is 6.42 Å². The number of hydrogen-bond acceptors (Lipinski definition) is 3. The van der Waals surface area contributed by atoms with E-state index in [0.717, 1.165) is 17.5 Å². The van der Waals surface area contributed by atoms with E-state index in [9.17, 15) is 5.11 Å². The minimum absolute atomic E-state index is 0.280. The van der Waals surface area contributed by atoms with Crippen molar-refractivity contribution < 1.29 is 9.84 Å². The van der Waals surface area contributed by atoms with E-state index in [1.807, 2.05) is 25.4 Å². The second-order valence-electron chi connectivity index (χ2n) is 3.68. The van der Waals surface area contributed by atoms with Crippen LogP contribution in [0.1, 0.15) is 11.1 Å². The van der Waals surface area contributed by atoms with Crippen molar-refractivity contribution in [2.24, 2.45) is 7.05 Å². The van der Waals surface area contributed by atoms with Crippen molar-refractivity contribution >= 4 is 0 Å². The molecule has 1 N–H and O–H groups in total. The predicted molar refractivity (Wildman–Crippen MR) is 60.7 cm³/mol. The van der Waals surface area contributed by atoms with Crippen LogP contribution in [-0.4, -0.2) is 22.0 Å². The molecular weight excluding hydrogens is 204 g/mol. The largest absolute Gasteiger partial charge is 0.508 e. The number of aromatic hydroxyl groups is 1. The van der Waals surface area contributed by atoms with Gasteiger partial charge in [-0.2, -0.15) is 0 Å². The van der Waals surface area contributed by atoms with E-state index in [1.165, 1.54) is 0 Å². The first kappa shape index (κ1) is 10.5. The van der Waals surface area contributed by atoms with Gasteiger partial charge in [0.05, 0.1) is 7.11 Å². The summed E-state index contributed by atoms with van der Waals surface area (Å²) in [5, 5.41) is 13.4. The van der Waals surface area contributed by atoms with Gasteiger partial charge in [-0.1, -0.05) is 12.1 Å². The smallest absolute Gasteiger partial charge is 0.236 e. The molecule has 4 heteroatoms. The van der Waals surface area contributed by atoms with E-state index in [0.29, 0.717) is 5.88 Å². The number of rotatable bonds is 3. The van der Waals surface area contributed by atoms with E-state index in [2.05, 4.69) is 5.10 Å². The van der Waals surface area contributed by atoms with Crippen molar-refractivity contribution in [1.29, 1.82) is 0 Å². The molecule has 0 saturated carbocycles. The first-order valence-corrected chi connectivity index (χ1v) is 5.03. The van der Waals surface area contributed by atoms with Crippen LogP contribution in [0, 0.1) is 0 Å². The molecule has 0 atom stereocenters. The zero-order valence-corrected chi connectivity index (χ0v) is 9.34. The van der Waals surface area contributed by atoms with Crippen molar-refractivity contribution in [3.8, 4) is 11.6 Å². The van der Waals surface area contributed by atoms with Crippen LogP contribution in [0.15, 0.2) is 30.5 Å². The average Bonchev–Trinajstić information content (AvgIpc) is 2.62. The molecule has 0 fully saturated rings. The Morgan fingerprint density at radius 2 is 2.00 bits per heavy atom. The number of aryl methyl sites for hydroxylation is 1. The molecule has 2 aromatic rings. The van der Waals surface area contributed by atoms with Gasteiger partial charge in [-0.05, 0) is 17.7 Å². The molecule has 0 unspecified atom stereocenters. The highest BCUT2D eigenvalue weighted by atomic mass is 16.5. The third kappa shape index (κ3) is 2.16. The van der Waals surface area contributed by atoms with Crippen LogP contribution in [0.4, 0.5) is 0 Å². The SMILES string of the molecule is COc1nn(C)cc1Cc1ccc(O)cc1. The lowest BCUT2D eigenvalue weighted by atomic mass is 10.1. The summed E-state index contributed by atoms with van der Waals surface area (Å²) in [7, 11) is 3.48. The third-order valence-corrected chi connectivity index (χ3v) is 2.39. The van der Waals surface area contributed by atoms with Crippen molar-refractivity contribution in [1.82, 2.24) is 9.78 Å². The van der Waals surface area contributed by atoms with Crippen molar-refractivity contribution in [3.05, 3.63) is 41.6 Å². The van der Waals surface area contributed by atoms with Gasteiger partial charge in [0.25, 0.3) is 0 Å². The summed E-state index contributed by atoms with van der Waals surface area (Å²) in [5.41, 5.74) is 2.15. The maximum Gasteiger partial charge on any atom is 0.236 e. The first-order chi connectivity index (χ1) is 7.69. The predicted octanol–water partition coefficient (Wildman–Crippen LogP) is 1.73. The molecule has 84 valence electrons. The number of aromatic nitrogens is 2. The normalized spacial score (nSPS) is 10.4. The van der Waals surface area contributed by atoms with Crippen LogP contribution < -0.4 is 4.74 Å². The molecule has 16 heavy (non-hydrogen) atoms. The number of phenolic OH excluding ortho intramolecular Hbond substituents is 1. The molecular formula is C12H14N2O2. The molecule has 0 aliphatic heterocycles. The highest BCUT2D eigenvalue weighted by Gasteiger charge is 2.08. The Labute approximate surface area is 94.1 Å². The van der Waals surface area contributed by atoms with Crippen LogP contribution >= 0.6 is 0 Å². The molecule has 1 heterocycles. The topological polar surface area (TPSA) is 47.3 Å². The van der Waals surface area contributed by atoms with Crippen LogP contribution in [0.3, 0.4) is 0 Å². The molecule has 0 amide bonds. The van der Waals surface area contributed by atoms with Crippen LogP contribution in [0.2, 0.25) is 0 Å². The van der Waals surface area contributed by atoms with Gasteiger partial charge in [0.1, 0.15) is 5.75 Å². The minimum Gasteiger partial charge on any atom is -0.508 e. The fourth-order valence-electron chi connectivity index (χ4n) is 1.64. The fraction of sp³-hybridized carbons (Fsp3) is 0.250. The number of nitrogens with zero attached hydrogens (tertiary/aromatic N) is 2. The number of methoxy groups -OCH3 is 1. The third-order valence-electron chi connectivity index (χ3n) is 2.39. The van der Waals surface area contributed by atoms with E-state index in [-0.39, 0.29) is 5.75 Å². The fourth-order valence-corrected chi connectivity index (χ4v) is 1.64. The Balaban J connectivity index is 2.22. The van der Waals surface area contributed by atoms with Gasteiger partial charge in [0.2, 0.25) is 5.88 Å². The van der Waals surface area contributed by atoms with Gasteiger partial charge >= 0.3 is 0 Å². The van der Waals surface area contributed by atoms with Crippen LogP contribution in [-0.2, 0) is 13.5 Å². The lowest BCUT2D eigenvalue weighted by Crippen LogP contribution is -1.91. The number of ether oxygens (including phenoxy) is 1. The van der Waals surface area contributed by atoms with E-state index in [1.54, 1.807) is 23.9 Å². The molecule has 2 rings (SSSR count). The van der Waals surface area contributed by atoms with E-state index in [4.69, 9.17) is 4.74 Å². The quantitative estimate of drug-likeness (QED) is 0.853. The zero-order valence-electron chi connectivity index (χ0n) is 9.34. The van der Waals surface area contributed by atoms with Gasteiger partial charge in [-0.25, -0.2) is 0 Å². The van der Waals surface area contributed by atoms with Gasteiger partial charge in [-0.15, -0.1) is 5.10 Å². The summed E-state index contributed by atoms with van der Waals surface area (Å²) in [6.07, 6.45) is 2.68. The summed E-state index contributed by atoms with van der Waals surface area (Å²) in [5.74, 6) is 0.928. The summed E-state index contributed by atoms with van der Waals surface area (Å²) in [6.45, 7) is 0. The average molecular weight is 218 g/mol. The Hall–Kier alpha value is -1.97. The number of benzene rings is 1. The summed E-state index contributed by atoms with van der Waals surface area (Å²) >= 11 is 0. The lowest BCUT2D eigenvalue weighted by Gasteiger charge is -2.01. The molecule has 1 aromatic heterocycles. The Morgan fingerprint density at radius 3 is 2.62 bits per heavy atom. The maximum atomic E-state index is 9.19. The monoisotopic (exact) mass is 218 g/mol. The van der Waals surface area contributed by atoms with Gasteiger partial charge in [-0.3, -0.25) is 4.68 Å². The molecule has 0 spiro atoms. The van der Waals surface area contributed by atoms with Crippen LogP contribution in [0.25, 0.3) is 0 Å². The highest BCUT2D eigenvalue weighted by Crippen LogP contribution is 2.20. The minimum atomic E-state index is 0.280. The number of hydrogen-bond donors (Lipinski definition) is 1. The zero-order chi connectivity index (χ0) is 11.5. The molecule has 0 radical (unpaired) electrons. The van der Waals surface area contributed by atoms with Gasteiger partial charge < -0.3 is 9.84 Å². The molecule has 0 aliphatic rings. The van der Waals surface area contributed by atoms with Crippen LogP contribution in [0.5, 0.6) is 11.6 Å². The molecule has 0 aliphatic carbocycles. The van der Waals surface area contributed by atoms with Crippen molar-refractivity contribution in [2.75, 3.05) is 7.11 Å². The molecule has 0 bridgehead atoms. The van der Waals surface area contributed by atoms with Gasteiger partial charge in [0, 0.05) is 25.2 Å². The lowest BCUT2D eigenvalue weighted by molar-refractivity contribution is 0.388. The van der Waals surface area contributed by atoms with Gasteiger partial charge in [0.15, 0.2) is 0 Å². The van der Waals surface area contributed by atoms with E-state index >= 15 is 0 Å². The summed E-state index contributed by atoms with van der Waals surface area (Å²) in [4.78, 5) is 0. The first-order valence-electron chi connectivity index (χ1n) is 5.03. The second-order valence-corrected chi connectivity index (χ2v) is 3.68. The molecule has 1 aromatic carbocycles. The summed E-state index contributed by atoms with van der Waals surface area (Å²) < 4.78 is 6.91. The standard InChI is InChI=1S/C12H14N2O2/c1-14-8-10(12(13-14)16-2)7-9-3-5-11(15)6-4-9/h3-6,8,15H,7H2,1-2H3. The second kappa shape index (κ2) is 4.26. The Morgan fingerprint density at radius 1 is 1.31 bits per heavy atom. The van der Waals surface area contributed by atoms with E-state index < -0.39 is 0 Å². The summed E-state index contributed by atoms with van der Waals surface area (Å²) in [6, 6.07) is 7.14. The molecule has 4 nitrogen and oxygen atoms in total. The highest BCUT2D eigenvalue weighted by molar-refractivity contribution is 5.33.